The minimum absolute atomic E-state index is 0.236. The molecule has 0 unspecified atom stereocenters. The molecular weight excluding hydrogens is 386 g/mol. The number of furan rings is 1. The van der Waals surface area contributed by atoms with E-state index in [-0.39, 0.29) is 11.7 Å². The third-order valence-electron chi connectivity index (χ3n) is 4.32. The summed E-state index contributed by atoms with van der Waals surface area (Å²) in [5.74, 6) is 1.55. The highest BCUT2D eigenvalue weighted by Gasteiger charge is 2.23. The maximum absolute atomic E-state index is 12.2. The Hall–Kier alpha value is -2.41. The summed E-state index contributed by atoms with van der Waals surface area (Å²) in [6.07, 6.45) is 4.65. The van der Waals surface area contributed by atoms with Crippen LogP contribution < -0.4 is 5.32 Å². The first-order chi connectivity index (χ1) is 12.2. The molecule has 25 heavy (non-hydrogen) atoms. The summed E-state index contributed by atoms with van der Waals surface area (Å²) in [5, 5.41) is 6.89. The van der Waals surface area contributed by atoms with E-state index in [9.17, 15) is 4.79 Å². The lowest BCUT2D eigenvalue weighted by Gasteiger charge is -2.04. The predicted octanol–water partition coefficient (Wildman–Crippen LogP) is 5.00. The first-order valence-electron chi connectivity index (χ1n) is 8.20. The lowest BCUT2D eigenvalue weighted by molar-refractivity contribution is 0.0995. The van der Waals surface area contributed by atoms with Crippen LogP contribution >= 0.6 is 15.9 Å². The molecular formula is C18H16BrN3O3. The van der Waals surface area contributed by atoms with E-state index in [0.29, 0.717) is 28.0 Å². The summed E-state index contributed by atoms with van der Waals surface area (Å²) < 4.78 is 11.2. The van der Waals surface area contributed by atoms with E-state index in [4.69, 9.17) is 8.94 Å². The molecule has 7 heteroatoms. The van der Waals surface area contributed by atoms with Gasteiger partial charge in [-0.15, -0.1) is 0 Å². The number of hydrogen-bond acceptors (Lipinski definition) is 5. The number of amides is 1. The monoisotopic (exact) mass is 401 g/mol. The summed E-state index contributed by atoms with van der Waals surface area (Å²) in [7, 11) is 0. The van der Waals surface area contributed by atoms with E-state index < -0.39 is 0 Å². The Kier molecular flexibility index (Phi) is 4.40. The van der Waals surface area contributed by atoms with Crippen LogP contribution in [0.5, 0.6) is 0 Å². The Labute approximate surface area is 152 Å². The maximum Gasteiger partial charge on any atom is 0.291 e. The third kappa shape index (κ3) is 3.51. The van der Waals surface area contributed by atoms with E-state index in [2.05, 4.69) is 31.4 Å². The predicted molar refractivity (Wildman–Crippen MR) is 95.3 cm³/mol. The highest BCUT2D eigenvalue weighted by atomic mass is 79.9. The zero-order chi connectivity index (χ0) is 17.2. The van der Waals surface area contributed by atoms with Crippen molar-refractivity contribution in [3.05, 3.63) is 52.7 Å². The molecule has 0 spiro atoms. The summed E-state index contributed by atoms with van der Waals surface area (Å²) in [4.78, 5) is 16.7. The number of carbonyl (C=O) groups is 1. The van der Waals surface area contributed by atoms with Crippen molar-refractivity contribution in [3.63, 3.8) is 0 Å². The molecule has 6 nitrogen and oxygen atoms in total. The van der Waals surface area contributed by atoms with Crippen LogP contribution in [0.4, 0.5) is 5.69 Å². The SMILES string of the molecule is O=C(Nc1cccc(-c2noc(C3CCCC3)n2)c1)c1ccc(Br)o1. The first kappa shape index (κ1) is 16.1. The summed E-state index contributed by atoms with van der Waals surface area (Å²) in [6, 6.07) is 10.6. The topological polar surface area (TPSA) is 81.2 Å². The highest BCUT2D eigenvalue weighted by molar-refractivity contribution is 9.10. The number of benzene rings is 1. The second kappa shape index (κ2) is 6.84. The number of rotatable bonds is 4. The minimum Gasteiger partial charge on any atom is -0.444 e. The molecule has 2 aromatic heterocycles. The van der Waals surface area contributed by atoms with E-state index in [1.807, 2.05) is 18.2 Å². The van der Waals surface area contributed by atoms with Crippen LogP contribution in [0.15, 0.2) is 50.0 Å². The Morgan fingerprint density at radius 1 is 1.20 bits per heavy atom. The zero-order valence-electron chi connectivity index (χ0n) is 13.4. The van der Waals surface area contributed by atoms with Crippen molar-refractivity contribution in [3.8, 4) is 11.4 Å². The number of halogens is 1. The molecule has 0 radical (unpaired) electrons. The Morgan fingerprint density at radius 2 is 2.04 bits per heavy atom. The number of anilines is 1. The zero-order valence-corrected chi connectivity index (χ0v) is 15.0. The molecule has 0 bridgehead atoms. The lowest BCUT2D eigenvalue weighted by atomic mass is 10.1. The number of hydrogen-bond donors (Lipinski definition) is 1. The Balaban J connectivity index is 1.52. The van der Waals surface area contributed by atoms with Crippen LogP contribution in [-0.2, 0) is 0 Å². The molecule has 1 aliphatic rings. The fraction of sp³-hybridized carbons (Fsp3) is 0.278. The molecule has 128 valence electrons. The van der Waals surface area contributed by atoms with Crippen molar-refractivity contribution in [2.24, 2.45) is 0 Å². The Bertz CT molecular complexity index is 896. The van der Waals surface area contributed by atoms with Crippen molar-refractivity contribution in [2.75, 3.05) is 5.32 Å². The number of nitrogens with one attached hydrogen (secondary N) is 1. The second-order valence-corrected chi connectivity index (χ2v) is 6.86. The molecule has 3 aromatic rings. The van der Waals surface area contributed by atoms with Gasteiger partial charge in [0.15, 0.2) is 10.4 Å². The van der Waals surface area contributed by atoms with Crippen LogP contribution in [0.3, 0.4) is 0 Å². The van der Waals surface area contributed by atoms with Gasteiger partial charge in [-0.25, -0.2) is 0 Å². The normalized spacial score (nSPS) is 14.8. The van der Waals surface area contributed by atoms with Crippen LogP contribution in [-0.4, -0.2) is 16.0 Å². The van der Waals surface area contributed by atoms with Crippen molar-refractivity contribution in [2.45, 2.75) is 31.6 Å². The quantitative estimate of drug-likeness (QED) is 0.664. The van der Waals surface area contributed by atoms with Gasteiger partial charge < -0.3 is 14.3 Å². The third-order valence-corrected chi connectivity index (χ3v) is 4.75. The van der Waals surface area contributed by atoms with Gasteiger partial charge in [-0.2, -0.15) is 4.98 Å². The minimum atomic E-state index is -0.317. The largest absolute Gasteiger partial charge is 0.444 e. The standard InChI is InChI=1S/C18H16BrN3O3/c19-15-9-8-14(24-15)17(23)20-13-7-3-6-12(10-13)16-21-18(25-22-16)11-4-1-2-5-11/h3,6-11H,1-2,4-5H2,(H,20,23). The molecule has 2 heterocycles. The lowest BCUT2D eigenvalue weighted by Crippen LogP contribution is -2.10. The molecule has 0 aliphatic heterocycles. The smallest absolute Gasteiger partial charge is 0.291 e. The van der Waals surface area contributed by atoms with Gasteiger partial charge >= 0.3 is 0 Å². The van der Waals surface area contributed by atoms with Crippen LogP contribution in [0, 0.1) is 0 Å². The number of aromatic nitrogens is 2. The molecule has 1 N–H and O–H groups in total. The fourth-order valence-corrected chi connectivity index (χ4v) is 3.36. The van der Waals surface area contributed by atoms with Gasteiger partial charge in [-0.1, -0.05) is 30.1 Å². The van der Waals surface area contributed by atoms with Gasteiger partial charge in [-0.3, -0.25) is 4.79 Å². The van der Waals surface area contributed by atoms with Gasteiger partial charge in [0.25, 0.3) is 5.91 Å². The average Bonchev–Trinajstić information content (AvgIpc) is 3.36. The number of carbonyl (C=O) groups excluding carboxylic acids is 1. The van der Waals surface area contributed by atoms with Gasteiger partial charge in [-0.05, 0) is 53.0 Å². The first-order valence-corrected chi connectivity index (χ1v) is 8.99. The fourth-order valence-electron chi connectivity index (χ4n) is 3.06. The molecule has 1 aromatic carbocycles. The summed E-state index contributed by atoms with van der Waals surface area (Å²) in [5.41, 5.74) is 1.44. The van der Waals surface area contributed by atoms with E-state index in [1.165, 1.54) is 12.8 Å². The van der Waals surface area contributed by atoms with Gasteiger partial charge in [0.1, 0.15) is 0 Å². The molecule has 0 atom stereocenters. The Morgan fingerprint density at radius 3 is 2.80 bits per heavy atom. The number of nitrogens with zero attached hydrogens (tertiary/aromatic N) is 2. The van der Waals surface area contributed by atoms with Crippen LogP contribution in [0.25, 0.3) is 11.4 Å². The van der Waals surface area contributed by atoms with Crippen molar-refractivity contribution >= 4 is 27.5 Å². The average molecular weight is 402 g/mol. The van der Waals surface area contributed by atoms with Crippen molar-refractivity contribution < 1.29 is 13.7 Å². The van der Waals surface area contributed by atoms with E-state index in [0.717, 1.165) is 18.4 Å². The van der Waals surface area contributed by atoms with Crippen LogP contribution in [0.2, 0.25) is 0 Å². The molecule has 4 rings (SSSR count). The van der Waals surface area contributed by atoms with Gasteiger partial charge in [0.2, 0.25) is 11.7 Å². The second-order valence-electron chi connectivity index (χ2n) is 6.08. The van der Waals surface area contributed by atoms with E-state index >= 15 is 0 Å². The summed E-state index contributed by atoms with van der Waals surface area (Å²) >= 11 is 3.18. The van der Waals surface area contributed by atoms with Crippen LogP contribution in [0.1, 0.15) is 48.0 Å². The molecule has 1 saturated carbocycles. The highest BCUT2D eigenvalue weighted by Crippen LogP contribution is 2.34. The molecule has 0 saturated heterocycles. The summed E-state index contributed by atoms with van der Waals surface area (Å²) in [6.45, 7) is 0. The maximum atomic E-state index is 12.2. The molecule has 1 amide bonds. The van der Waals surface area contributed by atoms with Crippen molar-refractivity contribution in [1.29, 1.82) is 0 Å². The van der Waals surface area contributed by atoms with Crippen molar-refractivity contribution in [1.82, 2.24) is 10.1 Å². The molecule has 1 aliphatic carbocycles. The molecule has 1 fully saturated rings. The van der Waals surface area contributed by atoms with E-state index in [1.54, 1.807) is 18.2 Å². The van der Waals surface area contributed by atoms with Gasteiger partial charge in [0.05, 0.1) is 0 Å². The van der Waals surface area contributed by atoms with Gasteiger partial charge in [0, 0.05) is 17.2 Å².